The van der Waals surface area contributed by atoms with Gasteiger partial charge in [0.15, 0.2) is 11.5 Å². The van der Waals surface area contributed by atoms with Gasteiger partial charge < -0.3 is 23.8 Å². The minimum absolute atomic E-state index is 0.0757. The van der Waals surface area contributed by atoms with E-state index in [4.69, 9.17) is 18.9 Å². The van der Waals surface area contributed by atoms with Crippen LogP contribution in [0.25, 0.3) is 0 Å². The summed E-state index contributed by atoms with van der Waals surface area (Å²) in [6, 6.07) is 9.29. The van der Waals surface area contributed by atoms with Crippen molar-refractivity contribution in [1.29, 1.82) is 0 Å². The number of ether oxygens (including phenoxy) is 4. The Morgan fingerprint density at radius 2 is 1.61 bits per heavy atom. The topological polar surface area (TPSA) is 57.2 Å². The molecular weight excluding hydrogens is 358 g/mol. The SMILES string of the molecule is CCOc1cc2c(cc1OCC)CN(C(=O)c1cc(OC)ccc1OC)CC2. The van der Waals surface area contributed by atoms with E-state index in [2.05, 4.69) is 0 Å². The third-order valence-corrected chi connectivity index (χ3v) is 4.80. The molecule has 0 radical (unpaired) electrons. The minimum Gasteiger partial charge on any atom is -0.497 e. The van der Waals surface area contributed by atoms with Crippen molar-refractivity contribution in [3.05, 3.63) is 47.0 Å². The first-order valence-corrected chi connectivity index (χ1v) is 9.53. The molecule has 0 spiro atoms. The van der Waals surface area contributed by atoms with Gasteiger partial charge in [-0.1, -0.05) is 0 Å². The van der Waals surface area contributed by atoms with Crippen molar-refractivity contribution in [2.75, 3.05) is 34.0 Å². The second-order valence-corrected chi connectivity index (χ2v) is 6.48. The van der Waals surface area contributed by atoms with Gasteiger partial charge in [0.05, 0.1) is 33.0 Å². The molecule has 0 aromatic heterocycles. The molecule has 0 saturated carbocycles. The van der Waals surface area contributed by atoms with E-state index in [-0.39, 0.29) is 5.91 Å². The molecule has 6 heteroatoms. The maximum atomic E-state index is 13.2. The lowest BCUT2D eigenvalue weighted by Gasteiger charge is -2.30. The van der Waals surface area contributed by atoms with E-state index in [1.807, 2.05) is 30.9 Å². The van der Waals surface area contributed by atoms with Crippen LogP contribution < -0.4 is 18.9 Å². The zero-order valence-electron chi connectivity index (χ0n) is 16.9. The van der Waals surface area contributed by atoms with Crippen LogP contribution in [0.4, 0.5) is 0 Å². The highest BCUT2D eigenvalue weighted by Gasteiger charge is 2.26. The molecule has 0 N–H and O–H groups in total. The van der Waals surface area contributed by atoms with Crippen LogP contribution in [-0.2, 0) is 13.0 Å². The van der Waals surface area contributed by atoms with Gasteiger partial charge in [-0.05, 0) is 61.7 Å². The standard InChI is InChI=1S/C22H27NO5/c1-5-27-20-11-15-9-10-23(14-16(15)12-21(20)28-6-2)22(24)18-13-17(25-3)7-8-19(18)26-4/h7-8,11-13H,5-6,9-10,14H2,1-4H3. The Bertz CT molecular complexity index is 849. The second kappa shape index (κ2) is 8.87. The molecule has 150 valence electrons. The first kappa shape index (κ1) is 19.9. The summed E-state index contributed by atoms with van der Waals surface area (Å²) in [4.78, 5) is 15.0. The molecule has 1 amide bonds. The molecule has 1 heterocycles. The van der Waals surface area contributed by atoms with E-state index < -0.39 is 0 Å². The van der Waals surface area contributed by atoms with E-state index in [9.17, 15) is 4.79 Å². The van der Waals surface area contributed by atoms with Crippen molar-refractivity contribution in [3.8, 4) is 23.0 Å². The van der Waals surface area contributed by atoms with Gasteiger partial charge >= 0.3 is 0 Å². The fourth-order valence-electron chi connectivity index (χ4n) is 3.43. The summed E-state index contributed by atoms with van der Waals surface area (Å²) in [7, 11) is 3.14. The average molecular weight is 385 g/mol. The molecule has 0 fully saturated rings. The number of carbonyl (C=O) groups is 1. The van der Waals surface area contributed by atoms with Crippen molar-refractivity contribution >= 4 is 5.91 Å². The summed E-state index contributed by atoms with van der Waals surface area (Å²) in [6.45, 7) is 6.19. The number of benzene rings is 2. The number of amides is 1. The van der Waals surface area contributed by atoms with Gasteiger partial charge in [-0.25, -0.2) is 0 Å². The second-order valence-electron chi connectivity index (χ2n) is 6.48. The van der Waals surface area contributed by atoms with Crippen LogP contribution in [0.15, 0.2) is 30.3 Å². The highest BCUT2D eigenvalue weighted by Crippen LogP contribution is 2.35. The van der Waals surface area contributed by atoms with E-state index in [0.717, 1.165) is 23.5 Å². The van der Waals surface area contributed by atoms with E-state index in [1.54, 1.807) is 32.4 Å². The van der Waals surface area contributed by atoms with Crippen molar-refractivity contribution < 1.29 is 23.7 Å². The van der Waals surface area contributed by atoms with Crippen molar-refractivity contribution in [2.24, 2.45) is 0 Å². The highest BCUT2D eigenvalue weighted by atomic mass is 16.5. The quantitative estimate of drug-likeness (QED) is 0.727. The van der Waals surface area contributed by atoms with Gasteiger partial charge in [0.1, 0.15) is 11.5 Å². The molecule has 2 aromatic rings. The minimum atomic E-state index is -0.0757. The first-order valence-electron chi connectivity index (χ1n) is 9.53. The van der Waals surface area contributed by atoms with Crippen LogP contribution in [-0.4, -0.2) is 44.8 Å². The maximum Gasteiger partial charge on any atom is 0.258 e. The van der Waals surface area contributed by atoms with E-state index >= 15 is 0 Å². The Morgan fingerprint density at radius 1 is 0.929 bits per heavy atom. The summed E-state index contributed by atoms with van der Waals surface area (Å²) in [6.07, 6.45) is 0.764. The number of nitrogens with zero attached hydrogens (tertiary/aromatic N) is 1. The predicted molar refractivity (Wildman–Crippen MR) is 107 cm³/mol. The van der Waals surface area contributed by atoms with Gasteiger partial charge in [-0.3, -0.25) is 4.79 Å². The molecule has 0 bridgehead atoms. The molecule has 0 aliphatic carbocycles. The monoisotopic (exact) mass is 385 g/mol. The summed E-state index contributed by atoms with van der Waals surface area (Å²) in [5.74, 6) is 2.57. The maximum absolute atomic E-state index is 13.2. The number of fused-ring (bicyclic) bond motifs is 1. The van der Waals surface area contributed by atoms with E-state index in [1.165, 1.54) is 5.56 Å². The Morgan fingerprint density at radius 3 is 2.21 bits per heavy atom. The third kappa shape index (κ3) is 4.01. The van der Waals surface area contributed by atoms with E-state index in [0.29, 0.717) is 43.4 Å². The largest absolute Gasteiger partial charge is 0.497 e. The number of carbonyl (C=O) groups excluding carboxylic acids is 1. The van der Waals surface area contributed by atoms with Crippen molar-refractivity contribution in [1.82, 2.24) is 4.90 Å². The van der Waals surface area contributed by atoms with Crippen molar-refractivity contribution in [3.63, 3.8) is 0 Å². The zero-order chi connectivity index (χ0) is 20.1. The number of hydrogen-bond donors (Lipinski definition) is 0. The number of methoxy groups -OCH3 is 2. The molecule has 2 aromatic carbocycles. The lowest BCUT2D eigenvalue weighted by atomic mass is 9.98. The fraction of sp³-hybridized carbons (Fsp3) is 0.409. The molecule has 0 atom stereocenters. The fourth-order valence-corrected chi connectivity index (χ4v) is 3.43. The van der Waals surface area contributed by atoms with Gasteiger partial charge in [0.25, 0.3) is 5.91 Å². The van der Waals surface area contributed by atoms with Crippen molar-refractivity contribution in [2.45, 2.75) is 26.8 Å². The molecule has 0 saturated heterocycles. The predicted octanol–water partition coefficient (Wildman–Crippen LogP) is 3.70. The number of hydrogen-bond acceptors (Lipinski definition) is 5. The van der Waals surface area contributed by atoms with Gasteiger partial charge in [0, 0.05) is 13.1 Å². The lowest BCUT2D eigenvalue weighted by Crippen LogP contribution is -2.36. The highest BCUT2D eigenvalue weighted by molar-refractivity contribution is 5.97. The molecule has 3 rings (SSSR count). The zero-order valence-corrected chi connectivity index (χ0v) is 16.9. The molecular formula is C22H27NO5. The molecule has 1 aliphatic rings. The summed E-state index contributed by atoms with van der Waals surface area (Å²) in [5, 5.41) is 0. The van der Waals surface area contributed by atoms with Gasteiger partial charge in [-0.2, -0.15) is 0 Å². The number of rotatable bonds is 7. The normalized spacial score (nSPS) is 12.9. The summed E-state index contributed by atoms with van der Waals surface area (Å²) < 4.78 is 22.1. The summed E-state index contributed by atoms with van der Waals surface area (Å²) >= 11 is 0. The smallest absolute Gasteiger partial charge is 0.258 e. The van der Waals surface area contributed by atoms with Crippen LogP contribution in [0.5, 0.6) is 23.0 Å². The molecule has 6 nitrogen and oxygen atoms in total. The van der Waals surface area contributed by atoms with Gasteiger partial charge in [-0.15, -0.1) is 0 Å². The van der Waals surface area contributed by atoms with Crippen LogP contribution >= 0.6 is 0 Å². The van der Waals surface area contributed by atoms with Gasteiger partial charge in [0.2, 0.25) is 0 Å². The Kier molecular flexibility index (Phi) is 6.29. The summed E-state index contributed by atoms with van der Waals surface area (Å²) in [5.41, 5.74) is 2.77. The Balaban J connectivity index is 1.88. The van der Waals surface area contributed by atoms with Crippen LogP contribution in [0.3, 0.4) is 0 Å². The average Bonchev–Trinajstić information content (AvgIpc) is 2.73. The Labute approximate surface area is 166 Å². The first-order chi connectivity index (χ1) is 13.6. The Hall–Kier alpha value is -2.89. The van der Waals surface area contributed by atoms with Crippen LogP contribution in [0, 0.1) is 0 Å². The molecule has 1 aliphatic heterocycles. The molecule has 0 unspecified atom stereocenters. The molecule has 28 heavy (non-hydrogen) atoms. The van der Waals surface area contributed by atoms with Crippen LogP contribution in [0.2, 0.25) is 0 Å². The van der Waals surface area contributed by atoms with Crippen LogP contribution in [0.1, 0.15) is 35.3 Å². The lowest BCUT2D eigenvalue weighted by molar-refractivity contribution is 0.0730. The third-order valence-electron chi connectivity index (χ3n) is 4.80.